The van der Waals surface area contributed by atoms with E-state index in [0.717, 1.165) is 31.3 Å². The lowest BCUT2D eigenvalue weighted by molar-refractivity contribution is 0.321. The van der Waals surface area contributed by atoms with Crippen LogP contribution in [0.2, 0.25) is 0 Å². The second-order valence-corrected chi connectivity index (χ2v) is 5.02. The highest BCUT2D eigenvalue weighted by Gasteiger charge is 2.42. The van der Waals surface area contributed by atoms with E-state index in [1.807, 2.05) is 0 Å². The molecular weight excluding hydrogens is 245 g/mol. The summed E-state index contributed by atoms with van der Waals surface area (Å²) in [6.07, 6.45) is 5.21. The van der Waals surface area contributed by atoms with Crippen LogP contribution in [0.25, 0.3) is 0 Å². The van der Waals surface area contributed by atoms with Crippen LogP contribution in [0.1, 0.15) is 31.2 Å². The molecule has 100 valence electrons. The van der Waals surface area contributed by atoms with Gasteiger partial charge in [-0.3, -0.25) is 0 Å². The second-order valence-electron chi connectivity index (χ2n) is 5.02. The molecule has 2 aliphatic rings. The number of nitrogens with two attached hydrogens (primary N) is 2. The van der Waals surface area contributed by atoms with E-state index in [-0.39, 0.29) is 11.8 Å². The van der Waals surface area contributed by atoms with Gasteiger partial charge in [-0.15, -0.1) is 0 Å². The molecular formula is C14H16FN3O. The molecule has 1 atom stereocenters. The van der Waals surface area contributed by atoms with Crippen LogP contribution in [0, 0.1) is 5.82 Å². The van der Waals surface area contributed by atoms with Crippen LogP contribution < -0.4 is 11.5 Å². The molecule has 1 aliphatic carbocycles. The molecule has 0 bridgehead atoms. The Bertz CT molecular complexity index is 582. The first kappa shape index (κ1) is 12.0. The number of hydrogen-bond donors (Lipinski definition) is 2. The SMILES string of the molecule is NC1=N[C@@]2(c3cc(N)ccc3F)CCCCC2=CO1. The lowest BCUT2D eigenvalue weighted by atomic mass is 9.73. The first-order chi connectivity index (χ1) is 9.12. The summed E-state index contributed by atoms with van der Waals surface area (Å²) in [5.74, 6) is -0.305. The predicted octanol–water partition coefficient (Wildman–Crippen LogP) is 2.41. The monoisotopic (exact) mass is 261 g/mol. The van der Waals surface area contributed by atoms with Crippen LogP contribution in [-0.2, 0) is 10.3 Å². The smallest absolute Gasteiger partial charge is 0.288 e. The lowest BCUT2D eigenvalue weighted by Gasteiger charge is -2.38. The molecule has 0 radical (unpaired) electrons. The Balaban J connectivity index is 2.19. The molecule has 0 amide bonds. The van der Waals surface area contributed by atoms with Crippen LogP contribution >= 0.6 is 0 Å². The number of ether oxygens (including phenoxy) is 1. The standard InChI is InChI=1S/C14H16FN3O/c15-12-5-4-10(16)7-11(12)14-6-2-1-3-9(14)8-19-13(17)18-14/h4-5,7-8H,1-3,6,16H2,(H2,17,18)/t14-/m0/s1. The van der Waals surface area contributed by atoms with Crippen LogP contribution in [0.15, 0.2) is 35.0 Å². The van der Waals surface area contributed by atoms with Gasteiger partial charge in [0.1, 0.15) is 11.4 Å². The minimum absolute atomic E-state index is 0.0764. The number of halogens is 1. The Morgan fingerprint density at radius 3 is 2.95 bits per heavy atom. The molecule has 1 saturated carbocycles. The van der Waals surface area contributed by atoms with Crippen LogP contribution in [0.3, 0.4) is 0 Å². The maximum atomic E-state index is 14.2. The van der Waals surface area contributed by atoms with Crippen molar-refractivity contribution in [1.29, 1.82) is 0 Å². The lowest BCUT2D eigenvalue weighted by Crippen LogP contribution is -2.37. The van der Waals surface area contributed by atoms with Gasteiger partial charge in [0, 0.05) is 11.3 Å². The van der Waals surface area contributed by atoms with E-state index in [2.05, 4.69) is 4.99 Å². The maximum Gasteiger partial charge on any atom is 0.288 e. The molecule has 19 heavy (non-hydrogen) atoms. The molecule has 3 rings (SSSR count). The van der Waals surface area contributed by atoms with E-state index in [1.54, 1.807) is 18.4 Å². The Morgan fingerprint density at radius 2 is 2.11 bits per heavy atom. The fourth-order valence-electron chi connectivity index (χ4n) is 2.92. The molecule has 4 nitrogen and oxygen atoms in total. The van der Waals surface area contributed by atoms with Crippen molar-refractivity contribution < 1.29 is 9.13 Å². The molecule has 5 heteroatoms. The molecule has 0 aromatic heterocycles. The van der Waals surface area contributed by atoms with Gasteiger partial charge in [-0.05, 0) is 43.0 Å². The average molecular weight is 261 g/mol. The molecule has 1 heterocycles. The highest BCUT2D eigenvalue weighted by molar-refractivity contribution is 5.75. The van der Waals surface area contributed by atoms with Gasteiger partial charge < -0.3 is 16.2 Å². The summed E-state index contributed by atoms with van der Waals surface area (Å²) in [5.41, 5.74) is 12.7. The molecule has 1 fully saturated rings. The van der Waals surface area contributed by atoms with Crippen LogP contribution in [0.4, 0.5) is 10.1 Å². The Labute approximate surface area is 111 Å². The number of aliphatic imine (C=N–C) groups is 1. The highest BCUT2D eigenvalue weighted by Crippen LogP contribution is 2.47. The van der Waals surface area contributed by atoms with Gasteiger partial charge in [-0.1, -0.05) is 6.42 Å². The Hall–Kier alpha value is -2.04. The molecule has 1 aliphatic heterocycles. The normalized spacial score (nSPS) is 25.9. The average Bonchev–Trinajstić information content (AvgIpc) is 2.41. The molecule has 0 spiro atoms. The zero-order chi connectivity index (χ0) is 13.5. The summed E-state index contributed by atoms with van der Waals surface area (Å²) in [4.78, 5) is 4.42. The zero-order valence-electron chi connectivity index (χ0n) is 10.5. The van der Waals surface area contributed by atoms with E-state index in [1.165, 1.54) is 6.07 Å². The molecule has 1 aromatic carbocycles. The number of fused-ring (bicyclic) bond motifs is 1. The maximum absolute atomic E-state index is 14.2. The van der Waals surface area contributed by atoms with Gasteiger partial charge in [0.2, 0.25) is 0 Å². The van der Waals surface area contributed by atoms with Crippen molar-refractivity contribution in [3.8, 4) is 0 Å². The van der Waals surface area contributed by atoms with Crippen molar-refractivity contribution in [3.63, 3.8) is 0 Å². The Kier molecular flexibility index (Phi) is 2.69. The zero-order valence-corrected chi connectivity index (χ0v) is 10.5. The second kappa shape index (κ2) is 4.26. The minimum atomic E-state index is -0.736. The number of amidine groups is 1. The predicted molar refractivity (Wildman–Crippen MR) is 71.7 cm³/mol. The van der Waals surface area contributed by atoms with Gasteiger partial charge >= 0.3 is 0 Å². The van der Waals surface area contributed by atoms with Gasteiger partial charge in [0.15, 0.2) is 0 Å². The molecule has 0 unspecified atom stereocenters. The topological polar surface area (TPSA) is 73.6 Å². The number of nitrogen functional groups attached to an aromatic ring is 1. The fourth-order valence-corrected chi connectivity index (χ4v) is 2.92. The molecule has 4 N–H and O–H groups in total. The van der Waals surface area contributed by atoms with Crippen molar-refractivity contribution in [3.05, 3.63) is 41.4 Å². The summed E-state index contributed by atoms with van der Waals surface area (Å²) in [5, 5.41) is 0. The van der Waals surface area contributed by atoms with E-state index in [9.17, 15) is 4.39 Å². The van der Waals surface area contributed by atoms with Gasteiger partial charge in [-0.25, -0.2) is 9.38 Å². The summed E-state index contributed by atoms with van der Waals surface area (Å²) >= 11 is 0. The third kappa shape index (κ3) is 1.85. The first-order valence-electron chi connectivity index (χ1n) is 6.39. The van der Waals surface area contributed by atoms with Crippen molar-refractivity contribution >= 4 is 11.7 Å². The van der Waals surface area contributed by atoms with Crippen molar-refractivity contribution in [2.45, 2.75) is 31.2 Å². The molecule has 1 aromatic rings. The number of rotatable bonds is 1. The number of anilines is 1. The third-order valence-electron chi connectivity index (χ3n) is 3.82. The van der Waals surface area contributed by atoms with Crippen LogP contribution in [-0.4, -0.2) is 6.02 Å². The van der Waals surface area contributed by atoms with E-state index < -0.39 is 5.54 Å². The van der Waals surface area contributed by atoms with E-state index >= 15 is 0 Å². The fraction of sp³-hybridized carbons (Fsp3) is 0.357. The van der Waals surface area contributed by atoms with Crippen molar-refractivity contribution in [2.24, 2.45) is 10.7 Å². The largest absolute Gasteiger partial charge is 0.434 e. The van der Waals surface area contributed by atoms with Gasteiger partial charge in [0.05, 0.1) is 6.26 Å². The summed E-state index contributed by atoms with van der Waals surface area (Å²) in [6, 6.07) is 4.66. The van der Waals surface area contributed by atoms with E-state index in [0.29, 0.717) is 11.3 Å². The van der Waals surface area contributed by atoms with Crippen molar-refractivity contribution in [1.82, 2.24) is 0 Å². The Morgan fingerprint density at radius 1 is 1.26 bits per heavy atom. The summed E-state index contributed by atoms with van der Waals surface area (Å²) in [6.45, 7) is 0. The van der Waals surface area contributed by atoms with Gasteiger partial charge in [-0.2, -0.15) is 0 Å². The van der Waals surface area contributed by atoms with Crippen molar-refractivity contribution in [2.75, 3.05) is 5.73 Å². The van der Waals surface area contributed by atoms with Gasteiger partial charge in [0.25, 0.3) is 6.02 Å². The highest BCUT2D eigenvalue weighted by atomic mass is 19.1. The van der Waals surface area contributed by atoms with Crippen LogP contribution in [0.5, 0.6) is 0 Å². The first-order valence-corrected chi connectivity index (χ1v) is 6.39. The number of nitrogens with zero attached hydrogens (tertiary/aromatic N) is 1. The summed E-state index contributed by atoms with van der Waals surface area (Å²) in [7, 11) is 0. The quantitative estimate of drug-likeness (QED) is 0.762. The van der Waals surface area contributed by atoms with E-state index in [4.69, 9.17) is 16.2 Å². The number of benzene rings is 1. The number of hydrogen-bond acceptors (Lipinski definition) is 4. The minimum Gasteiger partial charge on any atom is -0.434 e. The molecule has 0 saturated heterocycles. The third-order valence-corrected chi connectivity index (χ3v) is 3.82. The summed E-state index contributed by atoms with van der Waals surface area (Å²) < 4.78 is 19.4.